The Morgan fingerprint density at radius 3 is 2.75 bits per heavy atom. The number of nitrogens with one attached hydrogen (secondary N) is 1. The van der Waals surface area contributed by atoms with Crippen LogP contribution in [0.15, 0.2) is 99.4 Å². The SMILES string of the molecule is C=CCc1cc(/C=N/NC(=O)c2cc3cc(Br)ccc3o2)ccc1OCc1ccccc1. The van der Waals surface area contributed by atoms with Gasteiger partial charge in [0, 0.05) is 9.86 Å². The van der Waals surface area contributed by atoms with E-state index >= 15 is 0 Å². The maximum Gasteiger partial charge on any atom is 0.307 e. The molecule has 0 aliphatic carbocycles. The molecule has 1 N–H and O–H groups in total. The van der Waals surface area contributed by atoms with Gasteiger partial charge < -0.3 is 9.15 Å². The van der Waals surface area contributed by atoms with Crippen LogP contribution in [0.4, 0.5) is 0 Å². The Bertz CT molecular complexity index is 1280. The average Bonchev–Trinajstić information content (AvgIpc) is 3.23. The molecule has 0 aliphatic heterocycles. The third-order valence-corrected chi connectivity index (χ3v) is 5.26. The van der Waals surface area contributed by atoms with Gasteiger partial charge in [0.15, 0.2) is 5.76 Å². The Morgan fingerprint density at radius 1 is 1.09 bits per heavy atom. The first-order valence-electron chi connectivity index (χ1n) is 10.1. The minimum atomic E-state index is -0.414. The molecule has 0 saturated heterocycles. The van der Waals surface area contributed by atoms with E-state index in [1.54, 1.807) is 12.3 Å². The molecule has 0 bridgehead atoms. The zero-order chi connectivity index (χ0) is 22.3. The molecule has 5 nitrogen and oxygen atoms in total. The van der Waals surface area contributed by atoms with Crippen LogP contribution >= 0.6 is 15.9 Å². The highest BCUT2D eigenvalue weighted by molar-refractivity contribution is 9.10. The van der Waals surface area contributed by atoms with Crippen molar-refractivity contribution in [2.75, 3.05) is 0 Å². The summed E-state index contributed by atoms with van der Waals surface area (Å²) in [5.74, 6) is 0.582. The van der Waals surface area contributed by atoms with Crippen LogP contribution in [-0.4, -0.2) is 12.1 Å². The van der Waals surface area contributed by atoms with Crippen LogP contribution in [0.2, 0.25) is 0 Å². The molecule has 32 heavy (non-hydrogen) atoms. The van der Waals surface area contributed by atoms with E-state index < -0.39 is 5.91 Å². The standard InChI is InChI=1S/C26H21BrN2O3/c1-2-6-20-13-19(9-11-23(20)31-17-18-7-4-3-5-8-18)16-28-29-26(30)25-15-21-14-22(27)10-12-24(21)32-25/h2-5,7-16H,1,6,17H2,(H,29,30)/b28-16+. The molecule has 1 aromatic heterocycles. The lowest BCUT2D eigenvalue weighted by Gasteiger charge is -2.11. The van der Waals surface area contributed by atoms with Crippen molar-refractivity contribution in [3.8, 4) is 5.75 Å². The summed E-state index contributed by atoms with van der Waals surface area (Å²) < 4.78 is 12.5. The van der Waals surface area contributed by atoms with Gasteiger partial charge in [-0.15, -0.1) is 6.58 Å². The van der Waals surface area contributed by atoms with Crippen molar-refractivity contribution in [2.24, 2.45) is 5.10 Å². The first-order chi connectivity index (χ1) is 15.6. The molecule has 1 amide bonds. The molecular weight excluding hydrogens is 468 g/mol. The lowest BCUT2D eigenvalue weighted by Crippen LogP contribution is -2.16. The minimum absolute atomic E-state index is 0.201. The van der Waals surface area contributed by atoms with Crippen molar-refractivity contribution >= 4 is 39.0 Å². The number of amides is 1. The predicted molar refractivity (Wildman–Crippen MR) is 130 cm³/mol. The van der Waals surface area contributed by atoms with Crippen LogP contribution < -0.4 is 10.2 Å². The lowest BCUT2D eigenvalue weighted by molar-refractivity contribution is 0.0929. The number of fused-ring (bicyclic) bond motifs is 1. The average molecular weight is 489 g/mol. The zero-order valence-electron chi connectivity index (χ0n) is 17.3. The summed E-state index contributed by atoms with van der Waals surface area (Å²) in [6.07, 6.45) is 4.07. The van der Waals surface area contributed by atoms with Crippen molar-refractivity contribution in [1.82, 2.24) is 5.43 Å². The summed E-state index contributed by atoms with van der Waals surface area (Å²) in [5.41, 5.74) is 6.08. The topological polar surface area (TPSA) is 63.8 Å². The molecule has 0 aliphatic rings. The molecule has 0 atom stereocenters. The number of furan rings is 1. The maximum absolute atomic E-state index is 12.4. The second kappa shape index (κ2) is 10.1. The molecule has 3 aromatic carbocycles. The highest BCUT2D eigenvalue weighted by Gasteiger charge is 2.12. The van der Waals surface area contributed by atoms with Gasteiger partial charge in [0.25, 0.3) is 0 Å². The monoisotopic (exact) mass is 488 g/mol. The molecule has 4 rings (SSSR count). The van der Waals surface area contributed by atoms with Crippen molar-refractivity contribution in [3.63, 3.8) is 0 Å². The predicted octanol–water partition coefficient (Wildman–Crippen LogP) is 6.27. The number of hydrogen-bond acceptors (Lipinski definition) is 4. The number of ether oxygens (including phenoxy) is 1. The van der Waals surface area contributed by atoms with Crippen molar-refractivity contribution < 1.29 is 13.9 Å². The van der Waals surface area contributed by atoms with Gasteiger partial charge in [-0.05, 0) is 65.6 Å². The molecule has 0 radical (unpaired) electrons. The molecule has 0 fully saturated rings. The van der Waals surface area contributed by atoms with Crippen LogP contribution in [0.3, 0.4) is 0 Å². The summed E-state index contributed by atoms with van der Waals surface area (Å²) in [6, 6.07) is 23.0. The quantitative estimate of drug-likeness (QED) is 0.180. The van der Waals surface area contributed by atoms with Gasteiger partial charge in [-0.1, -0.05) is 52.3 Å². The number of carbonyl (C=O) groups excluding carboxylic acids is 1. The Hall–Kier alpha value is -3.64. The number of hydrazone groups is 1. The van der Waals surface area contributed by atoms with E-state index in [1.165, 1.54) is 0 Å². The molecular formula is C26H21BrN2O3. The van der Waals surface area contributed by atoms with Gasteiger partial charge in [0.2, 0.25) is 0 Å². The molecule has 160 valence electrons. The second-order valence-corrected chi connectivity index (χ2v) is 8.04. The number of carbonyl (C=O) groups is 1. The molecule has 0 spiro atoms. The number of halogens is 1. The van der Waals surface area contributed by atoms with Gasteiger partial charge in [0.05, 0.1) is 6.21 Å². The van der Waals surface area contributed by atoms with Crippen LogP contribution in [-0.2, 0) is 13.0 Å². The van der Waals surface area contributed by atoms with E-state index in [0.717, 1.165) is 32.3 Å². The summed E-state index contributed by atoms with van der Waals surface area (Å²) in [6.45, 7) is 4.32. The first kappa shape index (κ1) is 21.6. The van der Waals surface area contributed by atoms with E-state index in [2.05, 4.69) is 33.0 Å². The highest BCUT2D eigenvalue weighted by atomic mass is 79.9. The Labute approximate surface area is 194 Å². The number of rotatable bonds is 8. The van der Waals surface area contributed by atoms with E-state index in [9.17, 15) is 4.79 Å². The van der Waals surface area contributed by atoms with Gasteiger partial charge in [-0.25, -0.2) is 5.43 Å². The Balaban J connectivity index is 1.42. The van der Waals surface area contributed by atoms with Crippen LogP contribution in [0, 0.1) is 0 Å². The smallest absolute Gasteiger partial charge is 0.307 e. The van der Waals surface area contributed by atoms with Crippen molar-refractivity contribution in [2.45, 2.75) is 13.0 Å². The van der Waals surface area contributed by atoms with E-state index in [4.69, 9.17) is 9.15 Å². The third kappa shape index (κ3) is 5.34. The number of allylic oxidation sites excluding steroid dienone is 1. The van der Waals surface area contributed by atoms with Crippen LogP contribution in [0.1, 0.15) is 27.2 Å². The van der Waals surface area contributed by atoms with Crippen LogP contribution in [0.25, 0.3) is 11.0 Å². The van der Waals surface area contributed by atoms with Crippen LogP contribution in [0.5, 0.6) is 5.75 Å². The Kier molecular flexibility index (Phi) is 6.82. The fourth-order valence-corrected chi connectivity index (χ4v) is 3.60. The van der Waals surface area contributed by atoms with E-state index in [1.807, 2.05) is 72.8 Å². The second-order valence-electron chi connectivity index (χ2n) is 7.13. The van der Waals surface area contributed by atoms with Gasteiger partial charge in [0.1, 0.15) is 17.9 Å². The normalized spacial score (nSPS) is 11.0. The summed E-state index contributed by atoms with van der Waals surface area (Å²) >= 11 is 3.41. The molecule has 1 heterocycles. The third-order valence-electron chi connectivity index (χ3n) is 4.77. The van der Waals surface area contributed by atoms with Gasteiger partial charge in [-0.3, -0.25) is 4.79 Å². The number of nitrogens with zero attached hydrogens (tertiary/aromatic N) is 1. The van der Waals surface area contributed by atoms with Gasteiger partial charge in [-0.2, -0.15) is 5.10 Å². The maximum atomic E-state index is 12.4. The van der Waals surface area contributed by atoms with Crippen molar-refractivity contribution in [1.29, 1.82) is 0 Å². The Morgan fingerprint density at radius 2 is 1.94 bits per heavy atom. The molecule has 0 saturated carbocycles. The zero-order valence-corrected chi connectivity index (χ0v) is 18.8. The van der Waals surface area contributed by atoms with E-state index in [-0.39, 0.29) is 5.76 Å². The largest absolute Gasteiger partial charge is 0.489 e. The number of benzene rings is 3. The summed E-state index contributed by atoms with van der Waals surface area (Å²) in [7, 11) is 0. The molecule has 0 unspecified atom stereocenters. The molecule has 6 heteroatoms. The minimum Gasteiger partial charge on any atom is -0.489 e. The lowest BCUT2D eigenvalue weighted by atomic mass is 10.1. The fraction of sp³-hybridized carbons (Fsp3) is 0.0769. The highest BCUT2D eigenvalue weighted by Crippen LogP contribution is 2.24. The number of hydrogen-bond donors (Lipinski definition) is 1. The summed E-state index contributed by atoms with van der Waals surface area (Å²) in [4.78, 5) is 12.4. The first-order valence-corrected chi connectivity index (χ1v) is 10.8. The van der Waals surface area contributed by atoms with E-state index in [0.29, 0.717) is 18.6 Å². The summed E-state index contributed by atoms with van der Waals surface area (Å²) in [5, 5.41) is 4.91. The molecule has 4 aromatic rings. The van der Waals surface area contributed by atoms with Gasteiger partial charge >= 0.3 is 5.91 Å². The fourth-order valence-electron chi connectivity index (χ4n) is 3.22. The van der Waals surface area contributed by atoms with Crippen molar-refractivity contribution in [3.05, 3.63) is 112 Å².